The van der Waals surface area contributed by atoms with E-state index < -0.39 is 17.7 Å². The van der Waals surface area contributed by atoms with Crippen LogP contribution in [-0.2, 0) is 14.3 Å². The van der Waals surface area contributed by atoms with E-state index in [-0.39, 0.29) is 11.3 Å². The topological polar surface area (TPSA) is 95.9 Å². The Balaban J connectivity index is 1.71. The first-order valence-electron chi connectivity index (χ1n) is 9.90. The fourth-order valence-electron chi connectivity index (χ4n) is 3.89. The molecule has 1 atom stereocenters. The van der Waals surface area contributed by atoms with Crippen molar-refractivity contribution in [3.05, 3.63) is 51.2 Å². The summed E-state index contributed by atoms with van der Waals surface area (Å²) in [6, 6.07) is 3.14. The van der Waals surface area contributed by atoms with Gasteiger partial charge in [0.2, 0.25) is 0 Å². The molecule has 158 valence electrons. The highest BCUT2D eigenvalue weighted by atomic mass is 32.1. The molecule has 30 heavy (non-hydrogen) atoms. The molecule has 2 saturated heterocycles. The molecule has 2 aromatic rings. The van der Waals surface area contributed by atoms with Gasteiger partial charge in [-0.15, -0.1) is 11.3 Å². The number of carbonyl (C=O) groups excluding carboxylic acids is 2. The Morgan fingerprint density at radius 1 is 1.27 bits per heavy atom. The smallest absolute Gasteiger partial charge is 0.295 e. The third kappa shape index (κ3) is 3.88. The van der Waals surface area contributed by atoms with E-state index in [0.29, 0.717) is 43.4 Å². The van der Waals surface area contributed by atoms with E-state index >= 15 is 0 Å². The number of thiophene rings is 1. The molecule has 0 aromatic carbocycles. The first-order chi connectivity index (χ1) is 14.5. The number of aromatic nitrogens is 2. The third-order valence-corrected chi connectivity index (χ3v) is 6.39. The predicted octanol–water partition coefficient (Wildman–Crippen LogP) is 1.91. The maximum Gasteiger partial charge on any atom is 0.295 e. The average molecular weight is 429 g/mol. The highest BCUT2D eigenvalue weighted by Crippen LogP contribution is 2.41. The van der Waals surface area contributed by atoms with Crippen molar-refractivity contribution < 1.29 is 19.4 Å². The van der Waals surface area contributed by atoms with Crippen LogP contribution in [0.25, 0.3) is 5.76 Å². The molecule has 0 unspecified atom stereocenters. The van der Waals surface area contributed by atoms with Crippen LogP contribution in [0.1, 0.15) is 28.0 Å². The van der Waals surface area contributed by atoms with Crippen LogP contribution in [0.2, 0.25) is 0 Å². The van der Waals surface area contributed by atoms with E-state index in [4.69, 9.17) is 4.74 Å². The van der Waals surface area contributed by atoms with Crippen LogP contribution in [0.4, 0.5) is 0 Å². The van der Waals surface area contributed by atoms with Gasteiger partial charge in [0.05, 0.1) is 36.1 Å². The predicted molar refractivity (Wildman–Crippen MR) is 112 cm³/mol. The quantitative estimate of drug-likeness (QED) is 0.441. The Hall–Kier alpha value is -2.62. The van der Waals surface area contributed by atoms with Gasteiger partial charge in [0, 0.05) is 37.3 Å². The minimum Gasteiger partial charge on any atom is -0.507 e. The van der Waals surface area contributed by atoms with Crippen LogP contribution in [0.15, 0.2) is 29.3 Å². The van der Waals surface area contributed by atoms with Crippen LogP contribution in [0.5, 0.6) is 0 Å². The summed E-state index contributed by atoms with van der Waals surface area (Å²) in [6.07, 6.45) is 1.50. The van der Waals surface area contributed by atoms with Gasteiger partial charge in [0.25, 0.3) is 11.7 Å². The molecule has 2 aliphatic rings. The van der Waals surface area contributed by atoms with E-state index in [0.717, 1.165) is 18.0 Å². The number of likely N-dealkylation sites (tertiary alicyclic amines) is 1. The molecular formula is C21H24N4O4S. The lowest BCUT2D eigenvalue weighted by molar-refractivity contribution is -0.140. The van der Waals surface area contributed by atoms with Crippen LogP contribution in [0.3, 0.4) is 0 Å². The minimum absolute atomic E-state index is 0.0972. The maximum atomic E-state index is 13.0. The molecule has 0 spiro atoms. The zero-order valence-electron chi connectivity index (χ0n) is 17.0. The number of amides is 1. The zero-order valence-corrected chi connectivity index (χ0v) is 17.8. The normalized spacial score (nSPS) is 22.1. The second-order valence-electron chi connectivity index (χ2n) is 7.38. The molecule has 0 radical (unpaired) electrons. The zero-order chi connectivity index (χ0) is 21.3. The molecule has 2 aliphatic heterocycles. The summed E-state index contributed by atoms with van der Waals surface area (Å²) in [5.74, 6) is -0.912. The molecule has 0 aliphatic carbocycles. The number of ketones is 1. The summed E-state index contributed by atoms with van der Waals surface area (Å²) in [7, 11) is 0. The van der Waals surface area contributed by atoms with Crippen molar-refractivity contribution in [2.75, 3.05) is 39.4 Å². The van der Waals surface area contributed by atoms with Crippen LogP contribution in [-0.4, -0.2) is 76.0 Å². The molecule has 0 bridgehead atoms. The van der Waals surface area contributed by atoms with Crippen molar-refractivity contribution in [3.63, 3.8) is 0 Å². The van der Waals surface area contributed by atoms with Crippen LogP contribution < -0.4 is 0 Å². The molecule has 9 heteroatoms. The summed E-state index contributed by atoms with van der Waals surface area (Å²) in [5.41, 5.74) is 1.03. The lowest BCUT2D eigenvalue weighted by atomic mass is 10.00. The summed E-state index contributed by atoms with van der Waals surface area (Å²) in [5, 5.41) is 13.0. The molecule has 4 rings (SSSR count). The molecule has 2 aromatic heterocycles. The number of morpholine rings is 1. The summed E-state index contributed by atoms with van der Waals surface area (Å²) in [4.78, 5) is 39.0. The molecule has 0 saturated carbocycles. The largest absolute Gasteiger partial charge is 0.507 e. The van der Waals surface area contributed by atoms with Crippen molar-refractivity contribution in [3.8, 4) is 0 Å². The number of carbonyl (C=O) groups is 2. The molecule has 2 fully saturated rings. The number of hydrogen-bond donors (Lipinski definition) is 1. The lowest BCUT2D eigenvalue weighted by Gasteiger charge is -2.30. The third-order valence-electron chi connectivity index (χ3n) is 5.47. The van der Waals surface area contributed by atoms with Crippen molar-refractivity contribution in [1.29, 1.82) is 0 Å². The molecule has 8 nitrogen and oxygen atoms in total. The monoisotopic (exact) mass is 428 g/mol. The van der Waals surface area contributed by atoms with Gasteiger partial charge in [-0.25, -0.2) is 9.97 Å². The van der Waals surface area contributed by atoms with Crippen LogP contribution in [0, 0.1) is 13.8 Å². The second-order valence-corrected chi connectivity index (χ2v) is 8.36. The number of Topliss-reactive ketones (excluding diaryl/α,β-unsaturated/α-hetero) is 1. The number of rotatable bonds is 5. The summed E-state index contributed by atoms with van der Waals surface area (Å²) < 4.78 is 5.38. The SMILES string of the molecule is Cc1ncc(C(O)=C2C(=O)C(=O)N(CCN3CCOCC3)[C@@H]2c2cccs2)c(C)n1. The minimum atomic E-state index is -0.673. The van der Waals surface area contributed by atoms with Gasteiger partial charge in [-0.3, -0.25) is 14.5 Å². The molecule has 4 heterocycles. The van der Waals surface area contributed by atoms with Crippen molar-refractivity contribution in [2.45, 2.75) is 19.9 Å². The van der Waals surface area contributed by atoms with Gasteiger partial charge in [0.15, 0.2) is 0 Å². The lowest BCUT2D eigenvalue weighted by Crippen LogP contribution is -2.42. The Kier molecular flexibility index (Phi) is 5.94. The highest BCUT2D eigenvalue weighted by molar-refractivity contribution is 7.10. The van der Waals surface area contributed by atoms with Gasteiger partial charge in [0.1, 0.15) is 11.6 Å². The van der Waals surface area contributed by atoms with Gasteiger partial charge in [-0.05, 0) is 25.3 Å². The summed E-state index contributed by atoms with van der Waals surface area (Å²) >= 11 is 1.46. The average Bonchev–Trinajstić information content (AvgIpc) is 3.34. The number of aliphatic hydroxyl groups is 1. The van der Waals surface area contributed by atoms with E-state index in [1.807, 2.05) is 17.5 Å². The fraction of sp³-hybridized carbons (Fsp3) is 0.429. The first kappa shape index (κ1) is 20.6. The molecule has 1 amide bonds. The number of aliphatic hydroxyl groups excluding tert-OH is 1. The first-order valence-corrected chi connectivity index (χ1v) is 10.8. The van der Waals surface area contributed by atoms with Gasteiger partial charge < -0.3 is 14.7 Å². The summed E-state index contributed by atoms with van der Waals surface area (Å²) in [6.45, 7) is 7.48. The van der Waals surface area contributed by atoms with Crippen molar-refractivity contribution in [2.24, 2.45) is 0 Å². The Bertz CT molecular complexity index is 983. The van der Waals surface area contributed by atoms with E-state index in [2.05, 4.69) is 14.9 Å². The number of ether oxygens (including phenoxy) is 1. The Morgan fingerprint density at radius 3 is 2.70 bits per heavy atom. The number of hydrogen-bond acceptors (Lipinski definition) is 8. The standard InChI is InChI=1S/C21H24N4O4S/c1-13-15(12-22-14(2)23-13)19(26)17-18(16-4-3-11-30-16)25(21(28)20(17)27)6-5-24-7-9-29-10-8-24/h3-4,11-12,18,26H,5-10H2,1-2H3/t18-/m1/s1. The highest BCUT2D eigenvalue weighted by Gasteiger charge is 2.46. The van der Waals surface area contributed by atoms with E-state index in [1.165, 1.54) is 17.5 Å². The second kappa shape index (κ2) is 8.63. The van der Waals surface area contributed by atoms with Crippen LogP contribution >= 0.6 is 11.3 Å². The van der Waals surface area contributed by atoms with Gasteiger partial charge in [-0.1, -0.05) is 6.07 Å². The molecule has 1 N–H and O–H groups in total. The van der Waals surface area contributed by atoms with Gasteiger partial charge in [-0.2, -0.15) is 0 Å². The molecular weight excluding hydrogens is 404 g/mol. The Morgan fingerprint density at radius 2 is 2.03 bits per heavy atom. The number of nitrogens with zero attached hydrogens (tertiary/aromatic N) is 4. The maximum absolute atomic E-state index is 13.0. The van der Waals surface area contributed by atoms with Crippen molar-refractivity contribution >= 4 is 28.8 Å². The fourth-order valence-corrected chi connectivity index (χ4v) is 4.73. The Labute approximate surface area is 178 Å². The number of aryl methyl sites for hydroxylation is 2. The van der Waals surface area contributed by atoms with E-state index in [1.54, 1.807) is 18.7 Å². The van der Waals surface area contributed by atoms with Crippen molar-refractivity contribution in [1.82, 2.24) is 19.8 Å². The van der Waals surface area contributed by atoms with E-state index in [9.17, 15) is 14.7 Å². The van der Waals surface area contributed by atoms with Gasteiger partial charge >= 0.3 is 0 Å².